The summed E-state index contributed by atoms with van der Waals surface area (Å²) in [5.74, 6) is 0.571. The highest BCUT2D eigenvalue weighted by molar-refractivity contribution is 5.85. The second-order valence-corrected chi connectivity index (χ2v) is 7.66. The maximum Gasteiger partial charge on any atom is 0.237 e. The highest BCUT2D eigenvalue weighted by Crippen LogP contribution is 2.43. The van der Waals surface area contributed by atoms with Crippen molar-refractivity contribution in [1.29, 1.82) is 0 Å². The van der Waals surface area contributed by atoms with E-state index in [1.165, 1.54) is 0 Å². The topological polar surface area (TPSA) is 90.6 Å². The fourth-order valence-corrected chi connectivity index (χ4v) is 4.60. The summed E-state index contributed by atoms with van der Waals surface area (Å²) in [7, 11) is 1.63. The van der Waals surface area contributed by atoms with Gasteiger partial charge in [0.05, 0.1) is 31.9 Å². The Labute approximate surface area is 170 Å². The van der Waals surface area contributed by atoms with E-state index in [0.29, 0.717) is 26.1 Å². The predicted molar refractivity (Wildman–Crippen MR) is 107 cm³/mol. The van der Waals surface area contributed by atoms with Crippen molar-refractivity contribution in [3.05, 3.63) is 48.0 Å². The van der Waals surface area contributed by atoms with Gasteiger partial charge in [-0.3, -0.25) is 14.5 Å². The number of fused-ring (bicyclic) bond motifs is 1. The van der Waals surface area contributed by atoms with Crippen LogP contribution in [0.4, 0.5) is 0 Å². The monoisotopic (exact) mass is 397 g/mol. The molecule has 2 aliphatic rings. The van der Waals surface area contributed by atoms with Gasteiger partial charge in [-0.15, -0.1) is 0 Å². The van der Waals surface area contributed by atoms with Gasteiger partial charge >= 0.3 is 0 Å². The smallest absolute Gasteiger partial charge is 0.237 e. The number of methoxy groups -OCH3 is 1. The van der Waals surface area contributed by atoms with E-state index in [4.69, 9.17) is 4.74 Å². The van der Waals surface area contributed by atoms with Crippen LogP contribution in [0.25, 0.3) is 0 Å². The summed E-state index contributed by atoms with van der Waals surface area (Å²) < 4.78 is 5.26. The number of amides is 2. The molecule has 3 heterocycles. The second-order valence-electron chi connectivity index (χ2n) is 7.66. The molecule has 0 radical (unpaired) electrons. The summed E-state index contributed by atoms with van der Waals surface area (Å²) in [6, 6.07) is 7.45. The standard InChI is InChI=1S/C21H27N5O3/c1-3-23-21(28)18-8-16-11-25(10-15-9-22-13-24-15)12-19(27)26(16)20(18)14-4-6-17(29-2)7-5-14/h4-7,9,13,16,18,20H,3,8,10-12H2,1-2H3,(H,22,24)(H,23,28)/t16-,18-,20-/m1/s1. The maximum atomic E-state index is 13.1. The van der Waals surface area contributed by atoms with Crippen molar-refractivity contribution in [3.8, 4) is 5.75 Å². The first-order valence-electron chi connectivity index (χ1n) is 10.0. The van der Waals surface area contributed by atoms with Crippen molar-refractivity contribution < 1.29 is 14.3 Å². The van der Waals surface area contributed by atoms with Crippen LogP contribution in [0.15, 0.2) is 36.8 Å². The van der Waals surface area contributed by atoms with Gasteiger partial charge in [-0.05, 0) is 31.0 Å². The zero-order valence-corrected chi connectivity index (χ0v) is 16.8. The number of aromatic amines is 1. The third-order valence-corrected chi connectivity index (χ3v) is 5.81. The Bertz CT molecular complexity index is 852. The minimum absolute atomic E-state index is 0.00985. The summed E-state index contributed by atoms with van der Waals surface area (Å²) >= 11 is 0. The third kappa shape index (κ3) is 3.85. The Hall–Kier alpha value is -2.87. The van der Waals surface area contributed by atoms with Crippen molar-refractivity contribution in [1.82, 2.24) is 25.1 Å². The van der Waals surface area contributed by atoms with Gasteiger partial charge in [0.2, 0.25) is 11.8 Å². The number of H-pyrrole nitrogens is 1. The largest absolute Gasteiger partial charge is 0.497 e. The fourth-order valence-electron chi connectivity index (χ4n) is 4.60. The number of benzene rings is 1. The Morgan fingerprint density at radius 3 is 2.79 bits per heavy atom. The van der Waals surface area contributed by atoms with Gasteiger partial charge in [0.1, 0.15) is 5.75 Å². The van der Waals surface area contributed by atoms with Crippen LogP contribution < -0.4 is 10.1 Å². The summed E-state index contributed by atoms with van der Waals surface area (Å²) in [5, 5.41) is 2.95. The number of carbonyl (C=O) groups is 2. The van der Waals surface area contributed by atoms with Crippen LogP contribution in [0.5, 0.6) is 5.75 Å². The number of imidazole rings is 1. The lowest BCUT2D eigenvalue weighted by molar-refractivity contribution is -0.141. The molecule has 2 N–H and O–H groups in total. The molecule has 2 aromatic rings. The minimum Gasteiger partial charge on any atom is -0.497 e. The minimum atomic E-state index is -0.260. The third-order valence-electron chi connectivity index (χ3n) is 5.81. The van der Waals surface area contributed by atoms with Crippen LogP contribution in [0.1, 0.15) is 30.6 Å². The molecule has 8 nitrogen and oxygen atoms in total. The molecule has 4 rings (SSSR count). The summed E-state index contributed by atoms with van der Waals surface area (Å²) in [6.07, 6.45) is 4.09. The van der Waals surface area contributed by atoms with Crippen LogP contribution in [-0.2, 0) is 16.1 Å². The zero-order valence-electron chi connectivity index (χ0n) is 16.8. The van der Waals surface area contributed by atoms with E-state index >= 15 is 0 Å². The number of piperazine rings is 1. The van der Waals surface area contributed by atoms with E-state index in [1.807, 2.05) is 36.1 Å². The first kappa shape index (κ1) is 19.4. The SMILES string of the molecule is CCNC(=O)[C@@H]1C[C@@H]2CN(Cc3cnc[nH]3)CC(=O)N2[C@@H]1c1ccc(OC)cc1. The predicted octanol–water partition coefficient (Wildman–Crippen LogP) is 1.33. The molecule has 1 aromatic carbocycles. The molecule has 2 amide bonds. The van der Waals surface area contributed by atoms with Crippen molar-refractivity contribution in [3.63, 3.8) is 0 Å². The maximum absolute atomic E-state index is 13.1. The van der Waals surface area contributed by atoms with Gasteiger partial charge in [-0.25, -0.2) is 4.98 Å². The molecule has 29 heavy (non-hydrogen) atoms. The lowest BCUT2D eigenvalue weighted by Crippen LogP contribution is -2.54. The number of nitrogens with zero attached hydrogens (tertiary/aromatic N) is 3. The van der Waals surface area contributed by atoms with Crippen molar-refractivity contribution >= 4 is 11.8 Å². The molecule has 0 aliphatic carbocycles. The summed E-state index contributed by atoms with van der Waals surface area (Å²) in [6.45, 7) is 4.22. The van der Waals surface area contributed by atoms with Gasteiger partial charge in [0.15, 0.2) is 0 Å². The van der Waals surface area contributed by atoms with Crippen molar-refractivity contribution in [2.75, 3.05) is 26.7 Å². The van der Waals surface area contributed by atoms with Gasteiger partial charge in [0.25, 0.3) is 0 Å². The molecule has 8 heteroatoms. The first-order chi connectivity index (χ1) is 14.1. The highest BCUT2D eigenvalue weighted by atomic mass is 16.5. The number of nitrogens with one attached hydrogen (secondary N) is 2. The number of carbonyl (C=O) groups excluding carboxylic acids is 2. The van der Waals surface area contributed by atoms with Crippen LogP contribution in [0.3, 0.4) is 0 Å². The van der Waals surface area contributed by atoms with Crippen LogP contribution in [0.2, 0.25) is 0 Å². The molecule has 154 valence electrons. The first-order valence-corrected chi connectivity index (χ1v) is 10.0. The number of ether oxygens (including phenoxy) is 1. The molecule has 2 saturated heterocycles. The number of hydrogen-bond acceptors (Lipinski definition) is 5. The average Bonchev–Trinajstić information content (AvgIpc) is 3.36. The highest BCUT2D eigenvalue weighted by Gasteiger charge is 2.50. The molecular weight excluding hydrogens is 370 g/mol. The molecule has 0 spiro atoms. The molecule has 3 atom stereocenters. The Kier molecular flexibility index (Phi) is 5.53. The lowest BCUT2D eigenvalue weighted by Gasteiger charge is -2.40. The average molecular weight is 397 g/mol. The Balaban J connectivity index is 1.60. The molecule has 0 unspecified atom stereocenters. The van der Waals surface area contributed by atoms with E-state index in [2.05, 4.69) is 20.2 Å². The molecular formula is C21H27N5O3. The molecule has 0 bridgehead atoms. The van der Waals surface area contributed by atoms with Gasteiger partial charge < -0.3 is 19.9 Å². The van der Waals surface area contributed by atoms with E-state index < -0.39 is 0 Å². The van der Waals surface area contributed by atoms with Crippen molar-refractivity contribution in [2.45, 2.75) is 32.0 Å². The van der Waals surface area contributed by atoms with Gasteiger partial charge in [-0.1, -0.05) is 12.1 Å². The van der Waals surface area contributed by atoms with Gasteiger partial charge in [0, 0.05) is 37.6 Å². The van der Waals surface area contributed by atoms with Crippen LogP contribution in [-0.4, -0.2) is 64.4 Å². The second kappa shape index (κ2) is 8.24. The Morgan fingerprint density at radius 1 is 1.34 bits per heavy atom. The zero-order chi connectivity index (χ0) is 20.4. The summed E-state index contributed by atoms with van der Waals surface area (Å²) in [4.78, 5) is 37.2. The van der Waals surface area contributed by atoms with Gasteiger partial charge in [-0.2, -0.15) is 0 Å². The normalized spacial score (nSPS) is 24.4. The summed E-state index contributed by atoms with van der Waals surface area (Å²) in [5.41, 5.74) is 1.95. The lowest BCUT2D eigenvalue weighted by atomic mass is 9.92. The fraction of sp³-hybridized carbons (Fsp3) is 0.476. The van der Waals surface area contributed by atoms with E-state index in [9.17, 15) is 9.59 Å². The van der Waals surface area contributed by atoms with E-state index in [-0.39, 0.29) is 29.8 Å². The quantitative estimate of drug-likeness (QED) is 0.768. The Morgan fingerprint density at radius 2 is 2.14 bits per heavy atom. The van der Waals surface area contributed by atoms with E-state index in [0.717, 1.165) is 23.6 Å². The molecule has 0 saturated carbocycles. The number of hydrogen-bond donors (Lipinski definition) is 2. The molecule has 1 aromatic heterocycles. The van der Waals surface area contributed by atoms with Crippen molar-refractivity contribution in [2.24, 2.45) is 5.92 Å². The number of aromatic nitrogens is 2. The number of rotatable bonds is 6. The van der Waals surface area contributed by atoms with Crippen LogP contribution in [0, 0.1) is 5.92 Å². The molecule has 2 fully saturated rings. The van der Waals surface area contributed by atoms with Crippen LogP contribution >= 0.6 is 0 Å². The molecule has 2 aliphatic heterocycles. The van der Waals surface area contributed by atoms with E-state index in [1.54, 1.807) is 19.6 Å².